The molecule has 1 heterocycles. The summed E-state index contributed by atoms with van der Waals surface area (Å²) in [6.07, 6.45) is 10.2. The quantitative estimate of drug-likeness (QED) is 0.695. The zero-order valence-electron chi connectivity index (χ0n) is 16.4. The van der Waals surface area contributed by atoms with Crippen LogP contribution in [-0.2, 0) is 4.79 Å². The number of rotatable bonds is 7. The Morgan fingerprint density at radius 3 is 2.56 bits per heavy atom. The van der Waals surface area contributed by atoms with Crippen molar-refractivity contribution in [1.82, 2.24) is 10.2 Å². The largest absolute Gasteiger partial charge is 0.352 e. The van der Waals surface area contributed by atoms with Gasteiger partial charge in [0, 0.05) is 17.4 Å². The minimum atomic E-state index is -0.351. The summed E-state index contributed by atoms with van der Waals surface area (Å²) in [5.74, 6) is 0.732. The molecule has 3 rings (SSSR count). The van der Waals surface area contributed by atoms with E-state index in [2.05, 4.69) is 12.2 Å². The lowest BCUT2D eigenvalue weighted by Crippen LogP contribution is -2.52. The molecule has 0 aromatic heterocycles. The number of carbonyl (C=O) groups excluding carboxylic acids is 2. The second kappa shape index (κ2) is 10.2. The van der Waals surface area contributed by atoms with Gasteiger partial charge in [0.1, 0.15) is 6.04 Å². The number of carbonyl (C=O) groups is 2. The molecule has 148 valence electrons. The number of nitrogens with one attached hydrogen (secondary N) is 1. The SMILES string of the molecule is CCCCCC1SCC(C(=O)NC2CCCCC2)N1C(=O)c1ccccc1. The van der Waals surface area contributed by atoms with Gasteiger partial charge in [-0.3, -0.25) is 9.59 Å². The zero-order chi connectivity index (χ0) is 19.1. The van der Waals surface area contributed by atoms with Gasteiger partial charge in [-0.1, -0.05) is 63.6 Å². The van der Waals surface area contributed by atoms with Crippen LogP contribution in [0.4, 0.5) is 0 Å². The predicted octanol–water partition coefficient (Wildman–Crippen LogP) is 4.60. The van der Waals surface area contributed by atoms with E-state index in [9.17, 15) is 9.59 Å². The molecule has 1 N–H and O–H groups in total. The van der Waals surface area contributed by atoms with Crippen molar-refractivity contribution in [3.63, 3.8) is 0 Å². The van der Waals surface area contributed by atoms with E-state index < -0.39 is 0 Å². The van der Waals surface area contributed by atoms with E-state index in [0.29, 0.717) is 11.3 Å². The van der Waals surface area contributed by atoms with Crippen LogP contribution >= 0.6 is 11.8 Å². The van der Waals surface area contributed by atoms with Gasteiger partial charge in [0.05, 0.1) is 5.37 Å². The summed E-state index contributed by atoms with van der Waals surface area (Å²) < 4.78 is 0. The van der Waals surface area contributed by atoms with Gasteiger partial charge in [0.15, 0.2) is 0 Å². The first-order valence-corrected chi connectivity index (χ1v) is 11.5. The number of unbranched alkanes of at least 4 members (excludes halogenated alkanes) is 2. The van der Waals surface area contributed by atoms with Crippen molar-refractivity contribution in [2.75, 3.05) is 5.75 Å². The van der Waals surface area contributed by atoms with Gasteiger partial charge in [-0.15, -0.1) is 11.8 Å². The number of nitrogens with zero attached hydrogens (tertiary/aromatic N) is 1. The van der Waals surface area contributed by atoms with Crippen LogP contribution in [0, 0.1) is 0 Å². The van der Waals surface area contributed by atoms with E-state index in [1.807, 2.05) is 35.2 Å². The van der Waals surface area contributed by atoms with Crippen molar-refractivity contribution < 1.29 is 9.59 Å². The highest BCUT2D eigenvalue weighted by molar-refractivity contribution is 8.00. The van der Waals surface area contributed by atoms with Crippen molar-refractivity contribution in [1.29, 1.82) is 0 Å². The Balaban J connectivity index is 1.72. The van der Waals surface area contributed by atoms with E-state index in [-0.39, 0.29) is 29.3 Å². The number of amides is 2. The summed E-state index contributed by atoms with van der Waals surface area (Å²) in [7, 11) is 0. The summed E-state index contributed by atoms with van der Waals surface area (Å²) in [6, 6.07) is 9.33. The molecule has 2 unspecified atom stereocenters. The second-order valence-corrected chi connectivity index (χ2v) is 8.93. The molecule has 5 heteroatoms. The molecule has 1 aromatic rings. The lowest BCUT2D eigenvalue weighted by atomic mass is 9.95. The number of benzene rings is 1. The molecule has 1 saturated carbocycles. The number of thioether (sulfide) groups is 1. The summed E-state index contributed by atoms with van der Waals surface area (Å²) >= 11 is 1.77. The van der Waals surface area contributed by atoms with Crippen LogP contribution in [0.2, 0.25) is 0 Å². The van der Waals surface area contributed by atoms with Crippen LogP contribution < -0.4 is 5.32 Å². The standard InChI is InChI=1S/C22H32N2O2S/c1-2-3-6-15-20-24(22(26)17-11-7-4-8-12-17)19(16-27-20)21(25)23-18-13-9-5-10-14-18/h4,7-8,11-12,18-20H,2-3,5-6,9-10,13-16H2,1H3,(H,23,25). The molecule has 0 spiro atoms. The fourth-order valence-electron chi connectivity index (χ4n) is 4.10. The predicted molar refractivity (Wildman–Crippen MR) is 112 cm³/mol. The first-order valence-electron chi connectivity index (χ1n) is 10.5. The number of hydrogen-bond acceptors (Lipinski definition) is 3. The van der Waals surface area contributed by atoms with E-state index in [1.54, 1.807) is 11.8 Å². The van der Waals surface area contributed by atoms with Crippen LogP contribution in [0.15, 0.2) is 30.3 Å². The average molecular weight is 389 g/mol. The number of hydrogen-bond donors (Lipinski definition) is 1. The third-order valence-electron chi connectivity index (χ3n) is 5.66. The molecular formula is C22H32N2O2S. The molecule has 2 fully saturated rings. The van der Waals surface area contributed by atoms with Gasteiger partial charge in [-0.05, 0) is 31.4 Å². The van der Waals surface area contributed by atoms with Crippen molar-refractivity contribution >= 4 is 23.6 Å². The summed E-state index contributed by atoms with van der Waals surface area (Å²) in [6.45, 7) is 2.19. The third-order valence-corrected chi connectivity index (χ3v) is 7.01. The first kappa shape index (κ1) is 20.2. The molecule has 1 aromatic carbocycles. The Hall–Kier alpha value is -1.49. The van der Waals surface area contributed by atoms with E-state index >= 15 is 0 Å². The van der Waals surface area contributed by atoms with Crippen LogP contribution in [0.1, 0.15) is 75.1 Å². The van der Waals surface area contributed by atoms with Crippen LogP contribution in [-0.4, -0.2) is 39.9 Å². The molecule has 1 saturated heterocycles. The lowest BCUT2D eigenvalue weighted by molar-refractivity contribution is -0.125. The van der Waals surface area contributed by atoms with E-state index in [1.165, 1.54) is 25.7 Å². The minimum absolute atomic E-state index is 0.00843. The van der Waals surface area contributed by atoms with Gasteiger partial charge in [0.25, 0.3) is 5.91 Å². The van der Waals surface area contributed by atoms with Crippen LogP contribution in [0.3, 0.4) is 0 Å². The van der Waals surface area contributed by atoms with Gasteiger partial charge in [0.2, 0.25) is 5.91 Å². The highest BCUT2D eigenvalue weighted by Gasteiger charge is 2.41. The minimum Gasteiger partial charge on any atom is -0.352 e. The lowest BCUT2D eigenvalue weighted by Gasteiger charge is -2.31. The summed E-state index contributed by atoms with van der Waals surface area (Å²) in [5.41, 5.74) is 0.677. The molecule has 1 aliphatic carbocycles. The Labute approximate surface area is 167 Å². The average Bonchev–Trinajstić information content (AvgIpc) is 3.13. The topological polar surface area (TPSA) is 49.4 Å². The Morgan fingerprint density at radius 1 is 1.11 bits per heavy atom. The van der Waals surface area contributed by atoms with Crippen LogP contribution in [0.25, 0.3) is 0 Å². The summed E-state index contributed by atoms with van der Waals surface area (Å²) in [5, 5.41) is 3.34. The molecule has 1 aliphatic heterocycles. The first-order chi connectivity index (χ1) is 13.2. The fraction of sp³-hybridized carbons (Fsp3) is 0.636. The van der Waals surface area contributed by atoms with E-state index in [0.717, 1.165) is 32.1 Å². The Morgan fingerprint density at radius 2 is 1.85 bits per heavy atom. The maximum atomic E-state index is 13.2. The smallest absolute Gasteiger partial charge is 0.255 e. The molecular weight excluding hydrogens is 356 g/mol. The third kappa shape index (κ3) is 5.28. The van der Waals surface area contributed by atoms with Crippen molar-refractivity contribution in [2.24, 2.45) is 0 Å². The highest BCUT2D eigenvalue weighted by atomic mass is 32.2. The fourth-order valence-corrected chi connectivity index (χ4v) is 5.56. The molecule has 0 bridgehead atoms. The van der Waals surface area contributed by atoms with Crippen molar-refractivity contribution in [3.8, 4) is 0 Å². The van der Waals surface area contributed by atoms with Gasteiger partial charge < -0.3 is 10.2 Å². The van der Waals surface area contributed by atoms with E-state index in [4.69, 9.17) is 0 Å². The molecule has 27 heavy (non-hydrogen) atoms. The Kier molecular flexibility index (Phi) is 7.62. The normalized spacial score (nSPS) is 23.4. The zero-order valence-corrected chi connectivity index (χ0v) is 17.2. The van der Waals surface area contributed by atoms with Crippen molar-refractivity contribution in [3.05, 3.63) is 35.9 Å². The van der Waals surface area contributed by atoms with Gasteiger partial charge >= 0.3 is 0 Å². The molecule has 0 radical (unpaired) electrons. The second-order valence-electron chi connectivity index (χ2n) is 7.72. The van der Waals surface area contributed by atoms with Gasteiger partial charge in [-0.25, -0.2) is 0 Å². The molecule has 4 nitrogen and oxygen atoms in total. The highest BCUT2D eigenvalue weighted by Crippen LogP contribution is 2.34. The van der Waals surface area contributed by atoms with Crippen LogP contribution in [0.5, 0.6) is 0 Å². The maximum Gasteiger partial charge on any atom is 0.255 e. The maximum absolute atomic E-state index is 13.2. The summed E-state index contributed by atoms with van der Waals surface area (Å²) in [4.78, 5) is 28.1. The van der Waals surface area contributed by atoms with Crippen molar-refractivity contribution in [2.45, 2.75) is 82.2 Å². The van der Waals surface area contributed by atoms with Gasteiger partial charge in [-0.2, -0.15) is 0 Å². The molecule has 2 atom stereocenters. The molecule has 2 amide bonds. The Bertz CT molecular complexity index is 616. The monoisotopic (exact) mass is 388 g/mol. The molecule has 2 aliphatic rings.